The van der Waals surface area contributed by atoms with Gasteiger partial charge in [-0.05, 0) is 18.4 Å². The second-order valence-corrected chi connectivity index (χ2v) is 5.42. The van der Waals surface area contributed by atoms with Crippen molar-refractivity contribution in [1.82, 2.24) is 4.98 Å². The smallest absolute Gasteiger partial charge is 0.303 e. The minimum Gasteiger partial charge on any atom is -0.303 e. The molecule has 6 nitrogen and oxygen atoms in total. The Balaban J connectivity index is 0.000000286. The fourth-order valence-electron chi connectivity index (χ4n) is 1.48. The standard InChI is InChI=1S/C12H11NO.CH5O4P/c1-9(14)6-12-7-10-4-2-3-5-11(10)8-13-12;1-5-6(2,3)4/h2-5,7-8H,6H2,1H3;1H3,(H2,2,3,4). The number of carbonyl (C=O) groups is 1. The van der Waals surface area contributed by atoms with Crippen molar-refractivity contribution in [3.63, 3.8) is 0 Å². The number of Topliss-reactive ketones (excluding diaryl/α,β-unsaturated/α-hetero) is 1. The van der Waals surface area contributed by atoms with Crippen molar-refractivity contribution in [3.05, 3.63) is 42.2 Å². The van der Waals surface area contributed by atoms with Gasteiger partial charge in [0.05, 0.1) is 0 Å². The zero-order chi connectivity index (χ0) is 15.2. The molecule has 2 rings (SSSR count). The number of carbonyl (C=O) groups excluding carboxylic acids is 1. The number of nitrogens with zero attached hydrogens (tertiary/aromatic N) is 1. The van der Waals surface area contributed by atoms with Crippen LogP contribution in [0.5, 0.6) is 0 Å². The summed E-state index contributed by atoms with van der Waals surface area (Å²) in [6.07, 6.45) is 2.23. The largest absolute Gasteiger partial charge is 0.469 e. The molecule has 0 saturated heterocycles. The Morgan fingerprint density at radius 1 is 1.30 bits per heavy atom. The quantitative estimate of drug-likeness (QED) is 0.842. The van der Waals surface area contributed by atoms with E-state index < -0.39 is 7.82 Å². The number of rotatable bonds is 3. The Hall–Kier alpha value is -1.59. The number of fused-ring (bicyclic) bond motifs is 1. The average Bonchev–Trinajstić information content (AvgIpc) is 2.38. The van der Waals surface area contributed by atoms with Crippen molar-refractivity contribution < 1.29 is 23.7 Å². The molecule has 0 aliphatic rings. The number of hydrogen-bond acceptors (Lipinski definition) is 4. The zero-order valence-electron chi connectivity index (χ0n) is 11.2. The van der Waals surface area contributed by atoms with E-state index in [0.29, 0.717) is 6.42 Å². The number of ketones is 1. The van der Waals surface area contributed by atoms with Crippen LogP contribution in [0, 0.1) is 0 Å². The van der Waals surface area contributed by atoms with E-state index in [2.05, 4.69) is 9.51 Å². The summed E-state index contributed by atoms with van der Waals surface area (Å²) in [6.45, 7) is 1.58. The summed E-state index contributed by atoms with van der Waals surface area (Å²) < 4.78 is 13.1. The molecule has 1 heterocycles. The molecule has 0 bridgehead atoms. The fourth-order valence-corrected chi connectivity index (χ4v) is 1.48. The first kappa shape index (κ1) is 16.5. The van der Waals surface area contributed by atoms with Crippen LogP contribution in [0.25, 0.3) is 10.8 Å². The van der Waals surface area contributed by atoms with Crippen molar-refractivity contribution in [2.24, 2.45) is 0 Å². The minimum atomic E-state index is -4.15. The Morgan fingerprint density at radius 3 is 2.35 bits per heavy atom. The normalized spacial score (nSPS) is 10.8. The third kappa shape index (κ3) is 6.04. The van der Waals surface area contributed by atoms with Gasteiger partial charge in [0.2, 0.25) is 0 Å². The SMILES string of the molecule is CC(=O)Cc1cc2ccccc2cn1.COP(=O)(O)O. The topological polar surface area (TPSA) is 96.7 Å². The van der Waals surface area contributed by atoms with E-state index >= 15 is 0 Å². The maximum absolute atomic E-state index is 10.9. The van der Waals surface area contributed by atoms with Gasteiger partial charge >= 0.3 is 7.82 Å². The lowest BCUT2D eigenvalue weighted by molar-refractivity contribution is -0.116. The van der Waals surface area contributed by atoms with Crippen molar-refractivity contribution in [2.75, 3.05) is 7.11 Å². The molecule has 0 atom stereocenters. The maximum atomic E-state index is 10.9. The molecule has 0 aliphatic carbocycles. The van der Waals surface area contributed by atoms with Gasteiger partial charge in [0, 0.05) is 30.8 Å². The summed E-state index contributed by atoms with van der Waals surface area (Å²) in [6, 6.07) is 9.98. The van der Waals surface area contributed by atoms with Gasteiger partial charge in [0.25, 0.3) is 0 Å². The molecule has 1 aromatic heterocycles. The van der Waals surface area contributed by atoms with E-state index in [1.807, 2.05) is 36.5 Å². The lowest BCUT2D eigenvalue weighted by Crippen LogP contribution is -1.98. The van der Waals surface area contributed by atoms with Crippen LogP contribution in [0.2, 0.25) is 0 Å². The van der Waals surface area contributed by atoms with Crippen LogP contribution in [-0.4, -0.2) is 27.7 Å². The van der Waals surface area contributed by atoms with Crippen LogP contribution in [0.4, 0.5) is 0 Å². The highest BCUT2D eigenvalue weighted by molar-refractivity contribution is 7.46. The predicted octanol–water partition coefficient (Wildman–Crippen LogP) is 2.09. The molecular weight excluding hydrogens is 281 g/mol. The van der Waals surface area contributed by atoms with Gasteiger partial charge in [0.1, 0.15) is 5.78 Å². The van der Waals surface area contributed by atoms with Gasteiger partial charge in [-0.2, -0.15) is 0 Å². The van der Waals surface area contributed by atoms with E-state index in [-0.39, 0.29) is 5.78 Å². The molecule has 2 aromatic rings. The highest BCUT2D eigenvalue weighted by atomic mass is 31.2. The predicted molar refractivity (Wildman–Crippen MR) is 75.2 cm³/mol. The Bertz CT molecular complexity index is 637. The average molecular weight is 297 g/mol. The summed E-state index contributed by atoms with van der Waals surface area (Å²) in [5.41, 5.74) is 0.844. The monoisotopic (exact) mass is 297 g/mol. The third-order valence-corrected chi connectivity index (χ3v) is 2.83. The van der Waals surface area contributed by atoms with E-state index in [1.54, 1.807) is 6.92 Å². The second kappa shape index (κ2) is 7.26. The molecule has 0 saturated carbocycles. The number of aromatic nitrogens is 1. The molecule has 0 radical (unpaired) electrons. The van der Waals surface area contributed by atoms with Gasteiger partial charge in [-0.3, -0.25) is 14.3 Å². The number of phosphoric acid groups is 1. The Kier molecular flexibility index (Phi) is 5.98. The highest BCUT2D eigenvalue weighted by Gasteiger charge is 2.07. The molecule has 0 fully saturated rings. The minimum absolute atomic E-state index is 0.146. The van der Waals surface area contributed by atoms with Crippen LogP contribution in [-0.2, 0) is 20.3 Å². The maximum Gasteiger partial charge on any atom is 0.469 e. The number of phosphoric ester groups is 1. The lowest BCUT2D eigenvalue weighted by atomic mass is 10.1. The zero-order valence-corrected chi connectivity index (χ0v) is 12.1. The molecule has 0 aliphatic heterocycles. The second-order valence-electron chi connectivity index (χ2n) is 4.07. The first-order valence-corrected chi connectivity index (χ1v) is 7.29. The van der Waals surface area contributed by atoms with Crippen LogP contribution >= 0.6 is 7.82 Å². The first-order valence-electron chi connectivity index (χ1n) is 5.76. The molecule has 0 unspecified atom stereocenters. The van der Waals surface area contributed by atoms with Crippen molar-refractivity contribution >= 4 is 24.4 Å². The molecular formula is C13H16NO5P. The molecule has 7 heteroatoms. The fraction of sp³-hybridized carbons (Fsp3) is 0.231. The highest BCUT2D eigenvalue weighted by Crippen LogP contribution is 2.33. The van der Waals surface area contributed by atoms with Crippen LogP contribution < -0.4 is 0 Å². The summed E-state index contributed by atoms with van der Waals surface area (Å²) in [4.78, 5) is 30.6. The van der Waals surface area contributed by atoms with Crippen molar-refractivity contribution in [3.8, 4) is 0 Å². The summed E-state index contributed by atoms with van der Waals surface area (Å²) in [5, 5.41) is 2.25. The van der Waals surface area contributed by atoms with Crippen LogP contribution in [0.15, 0.2) is 36.5 Å². The third-order valence-electron chi connectivity index (χ3n) is 2.36. The van der Waals surface area contributed by atoms with Crippen LogP contribution in [0.3, 0.4) is 0 Å². The number of hydrogen-bond donors (Lipinski definition) is 2. The molecule has 108 valence electrons. The molecule has 1 aromatic carbocycles. The van der Waals surface area contributed by atoms with E-state index in [0.717, 1.165) is 23.6 Å². The van der Waals surface area contributed by atoms with Gasteiger partial charge in [-0.15, -0.1) is 0 Å². The number of pyridine rings is 1. The summed E-state index contributed by atoms with van der Waals surface area (Å²) in [5.74, 6) is 0.146. The summed E-state index contributed by atoms with van der Waals surface area (Å²) >= 11 is 0. The molecule has 0 spiro atoms. The molecule has 2 N–H and O–H groups in total. The first-order chi connectivity index (χ1) is 9.31. The van der Waals surface area contributed by atoms with Crippen molar-refractivity contribution in [2.45, 2.75) is 13.3 Å². The molecule has 0 amide bonds. The summed E-state index contributed by atoms with van der Waals surface area (Å²) in [7, 11) is -3.20. The van der Waals surface area contributed by atoms with Gasteiger partial charge < -0.3 is 9.79 Å². The number of benzene rings is 1. The van der Waals surface area contributed by atoms with E-state index in [9.17, 15) is 9.36 Å². The van der Waals surface area contributed by atoms with E-state index in [4.69, 9.17) is 9.79 Å². The molecule has 20 heavy (non-hydrogen) atoms. The van der Waals surface area contributed by atoms with E-state index in [1.165, 1.54) is 0 Å². The van der Waals surface area contributed by atoms with Gasteiger partial charge in [0.15, 0.2) is 0 Å². The lowest BCUT2D eigenvalue weighted by Gasteiger charge is -2.00. The Morgan fingerprint density at radius 2 is 1.85 bits per heavy atom. The van der Waals surface area contributed by atoms with Gasteiger partial charge in [-0.25, -0.2) is 4.57 Å². The van der Waals surface area contributed by atoms with Crippen molar-refractivity contribution in [1.29, 1.82) is 0 Å². The van der Waals surface area contributed by atoms with Crippen LogP contribution in [0.1, 0.15) is 12.6 Å². The van der Waals surface area contributed by atoms with Gasteiger partial charge in [-0.1, -0.05) is 24.3 Å². The Labute approximate surface area is 116 Å².